The van der Waals surface area contributed by atoms with Crippen LogP contribution in [0.25, 0.3) is 0 Å². The Morgan fingerprint density at radius 1 is 1.47 bits per heavy atom. The maximum atomic E-state index is 12.3. The first-order valence-electron chi connectivity index (χ1n) is 3.74. The van der Waals surface area contributed by atoms with E-state index >= 15 is 0 Å². The van der Waals surface area contributed by atoms with Crippen molar-refractivity contribution in [3.8, 4) is 0 Å². The fourth-order valence-corrected chi connectivity index (χ4v) is 2.10. The molecule has 0 aromatic carbocycles. The average molecular weight is 262 g/mol. The van der Waals surface area contributed by atoms with E-state index in [9.17, 15) is 17.7 Å². The van der Waals surface area contributed by atoms with E-state index in [4.69, 9.17) is 0 Å². The molecule has 0 spiro atoms. The number of esters is 1. The van der Waals surface area contributed by atoms with Gasteiger partial charge >= 0.3 is 64.3 Å². The Morgan fingerprint density at radius 2 is 2.00 bits per heavy atom. The maximum absolute atomic E-state index is 12.3. The standard InChI is InChI=1S/C7H7BF3O2S.K/c1-4-5(8(9,10)11)3-14-6(4)7(12)13-2;/h3H,1-2H3;/q-1;+1. The molecular formula is C7H7BF3KO2S. The number of methoxy groups -OCH3 is 1. The minimum atomic E-state index is -5.04. The van der Waals surface area contributed by atoms with Crippen LogP contribution in [0.4, 0.5) is 12.9 Å². The molecule has 0 N–H and O–H groups in total. The number of hydrogen-bond acceptors (Lipinski definition) is 3. The Labute approximate surface area is 132 Å². The minimum Gasteiger partial charge on any atom is -0.465 e. The van der Waals surface area contributed by atoms with Crippen LogP contribution in [0.1, 0.15) is 15.2 Å². The van der Waals surface area contributed by atoms with Gasteiger partial charge in [0, 0.05) is 0 Å². The molecule has 0 aliphatic rings. The molecule has 1 aromatic rings. The predicted octanol–water partition coefficient (Wildman–Crippen LogP) is -1.10. The second-order valence-electron chi connectivity index (χ2n) is 2.71. The van der Waals surface area contributed by atoms with Crippen molar-refractivity contribution in [3.05, 3.63) is 15.8 Å². The monoisotopic (exact) mass is 262 g/mol. The van der Waals surface area contributed by atoms with Crippen molar-refractivity contribution < 1.29 is 73.9 Å². The van der Waals surface area contributed by atoms with Crippen LogP contribution < -0.4 is 56.8 Å². The zero-order chi connectivity index (χ0) is 10.9. The summed E-state index contributed by atoms with van der Waals surface area (Å²) in [5, 5.41) is 0.946. The summed E-state index contributed by atoms with van der Waals surface area (Å²) >= 11 is 0.757. The second-order valence-corrected chi connectivity index (χ2v) is 3.59. The molecule has 78 valence electrons. The van der Waals surface area contributed by atoms with E-state index in [-0.39, 0.29) is 61.8 Å². The Bertz CT molecular complexity index is 364. The minimum absolute atomic E-state index is 0. The molecule has 0 bridgehead atoms. The molecule has 1 rings (SSSR count). The third-order valence-electron chi connectivity index (χ3n) is 1.80. The van der Waals surface area contributed by atoms with Crippen molar-refractivity contribution in [1.29, 1.82) is 0 Å². The molecule has 0 saturated carbocycles. The van der Waals surface area contributed by atoms with Gasteiger partial charge in [-0.15, -0.1) is 11.3 Å². The molecular weight excluding hydrogens is 255 g/mol. The van der Waals surface area contributed by atoms with Gasteiger partial charge in [-0.2, -0.15) is 0 Å². The van der Waals surface area contributed by atoms with E-state index in [0.29, 0.717) is 0 Å². The number of ether oxygens (including phenoxy) is 1. The van der Waals surface area contributed by atoms with Crippen LogP contribution >= 0.6 is 11.3 Å². The molecule has 0 aliphatic carbocycles. The normalized spacial score (nSPS) is 10.7. The molecule has 1 aromatic heterocycles. The summed E-state index contributed by atoms with van der Waals surface area (Å²) < 4.78 is 41.4. The van der Waals surface area contributed by atoms with E-state index in [2.05, 4.69) is 4.74 Å². The van der Waals surface area contributed by atoms with Crippen LogP contribution in [-0.2, 0) is 4.74 Å². The number of carbonyl (C=O) groups excluding carboxylic acids is 1. The summed E-state index contributed by atoms with van der Waals surface area (Å²) in [7, 11) is 1.14. The first-order chi connectivity index (χ1) is 6.38. The van der Waals surface area contributed by atoms with Crippen molar-refractivity contribution >= 4 is 29.7 Å². The second kappa shape index (κ2) is 5.83. The van der Waals surface area contributed by atoms with Gasteiger partial charge in [-0.25, -0.2) is 4.79 Å². The molecule has 1 heterocycles. The average Bonchev–Trinajstić information content (AvgIpc) is 2.45. The zero-order valence-electron chi connectivity index (χ0n) is 8.51. The third-order valence-corrected chi connectivity index (χ3v) is 2.88. The van der Waals surface area contributed by atoms with Gasteiger partial charge in [0.05, 0.1) is 7.11 Å². The van der Waals surface area contributed by atoms with E-state index in [1.165, 1.54) is 6.92 Å². The van der Waals surface area contributed by atoms with Crippen LogP contribution in [-0.4, -0.2) is 20.1 Å². The van der Waals surface area contributed by atoms with Crippen LogP contribution in [0.15, 0.2) is 5.38 Å². The molecule has 0 fully saturated rings. The van der Waals surface area contributed by atoms with Gasteiger partial charge in [-0.3, -0.25) is 0 Å². The fourth-order valence-electron chi connectivity index (χ4n) is 1.05. The molecule has 0 unspecified atom stereocenters. The van der Waals surface area contributed by atoms with Crippen molar-refractivity contribution in [2.45, 2.75) is 6.92 Å². The van der Waals surface area contributed by atoms with Gasteiger partial charge in [0.15, 0.2) is 0 Å². The van der Waals surface area contributed by atoms with Crippen molar-refractivity contribution in [3.63, 3.8) is 0 Å². The first-order valence-corrected chi connectivity index (χ1v) is 4.62. The number of halogens is 3. The molecule has 0 saturated heterocycles. The van der Waals surface area contributed by atoms with E-state index < -0.39 is 18.4 Å². The summed E-state index contributed by atoms with van der Waals surface area (Å²) in [5.41, 5.74) is -0.759. The fraction of sp³-hybridized carbons (Fsp3) is 0.286. The Hall–Kier alpha value is 0.661. The predicted molar refractivity (Wildman–Crippen MR) is 49.1 cm³/mol. The maximum Gasteiger partial charge on any atom is 1.00 e. The SMILES string of the molecule is COC(=O)c1scc([B-](F)(F)F)c1C.[K+]. The van der Waals surface area contributed by atoms with Gasteiger partial charge in [0.2, 0.25) is 0 Å². The number of hydrogen-bond donors (Lipinski definition) is 0. The van der Waals surface area contributed by atoms with Gasteiger partial charge in [-0.1, -0.05) is 11.0 Å². The van der Waals surface area contributed by atoms with Gasteiger partial charge in [0.1, 0.15) is 4.88 Å². The smallest absolute Gasteiger partial charge is 0.465 e. The Kier molecular flexibility index (Phi) is 6.09. The summed E-state index contributed by atoms with van der Waals surface area (Å²) in [6, 6.07) is 0. The largest absolute Gasteiger partial charge is 1.00 e. The summed E-state index contributed by atoms with van der Waals surface area (Å²) in [6.07, 6.45) is 0. The zero-order valence-corrected chi connectivity index (χ0v) is 12.5. The molecule has 0 aliphatic heterocycles. The molecule has 0 radical (unpaired) electrons. The molecule has 2 nitrogen and oxygen atoms in total. The van der Waals surface area contributed by atoms with E-state index in [1.807, 2.05) is 0 Å². The third kappa shape index (κ3) is 3.57. The van der Waals surface area contributed by atoms with Crippen molar-refractivity contribution in [2.24, 2.45) is 0 Å². The molecule has 15 heavy (non-hydrogen) atoms. The van der Waals surface area contributed by atoms with Crippen LogP contribution in [0.2, 0.25) is 0 Å². The summed E-state index contributed by atoms with van der Waals surface area (Å²) in [6.45, 7) is -3.77. The van der Waals surface area contributed by atoms with Crippen molar-refractivity contribution in [2.75, 3.05) is 7.11 Å². The van der Waals surface area contributed by atoms with Gasteiger partial charge in [0.25, 0.3) is 0 Å². The molecule has 0 atom stereocenters. The quantitative estimate of drug-likeness (QED) is 0.499. The first kappa shape index (κ1) is 15.7. The van der Waals surface area contributed by atoms with Gasteiger partial charge < -0.3 is 17.7 Å². The molecule has 0 amide bonds. The van der Waals surface area contributed by atoms with Crippen LogP contribution in [0, 0.1) is 6.92 Å². The molecule has 8 heteroatoms. The Balaban J connectivity index is 0.00000196. The summed E-state index contributed by atoms with van der Waals surface area (Å²) in [4.78, 5) is 11.0. The van der Waals surface area contributed by atoms with Crippen LogP contribution in [0.3, 0.4) is 0 Å². The van der Waals surface area contributed by atoms with E-state index in [0.717, 1.165) is 23.8 Å². The number of carbonyl (C=O) groups is 1. The topological polar surface area (TPSA) is 26.3 Å². The summed E-state index contributed by atoms with van der Waals surface area (Å²) in [5.74, 6) is -0.723. The number of rotatable bonds is 2. The Morgan fingerprint density at radius 3 is 2.33 bits per heavy atom. The van der Waals surface area contributed by atoms with Gasteiger partial charge in [-0.05, 0) is 12.3 Å². The van der Waals surface area contributed by atoms with E-state index in [1.54, 1.807) is 0 Å². The number of thiophene rings is 1. The van der Waals surface area contributed by atoms with Crippen molar-refractivity contribution in [1.82, 2.24) is 0 Å². The van der Waals surface area contributed by atoms with Crippen LogP contribution in [0.5, 0.6) is 0 Å².